The van der Waals surface area contributed by atoms with Gasteiger partial charge in [0, 0.05) is 18.1 Å². The van der Waals surface area contributed by atoms with Crippen molar-refractivity contribution in [2.75, 3.05) is 18.1 Å². The second-order valence-electron chi connectivity index (χ2n) is 1.43. The average Bonchev–Trinajstić information content (AvgIpc) is 1.90. The minimum atomic E-state index is 1.13. The van der Waals surface area contributed by atoms with E-state index in [9.17, 15) is 0 Å². The minimum absolute atomic E-state index is 1.13. The van der Waals surface area contributed by atoms with Crippen molar-refractivity contribution < 1.29 is 0 Å². The van der Waals surface area contributed by atoms with Crippen molar-refractivity contribution in [3.63, 3.8) is 0 Å². The lowest BCUT2D eigenvalue weighted by Gasteiger charge is -1.90. The van der Waals surface area contributed by atoms with Gasteiger partial charge < -0.3 is 5.32 Å². The van der Waals surface area contributed by atoms with Crippen molar-refractivity contribution in [1.82, 2.24) is 5.32 Å². The number of nitrogens with one attached hydrogen (secondary N) is 1. The van der Waals surface area contributed by atoms with Crippen molar-refractivity contribution in [3.8, 4) is 0 Å². The van der Waals surface area contributed by atoms with Gasteiger partial charge in [0.15, 0.2) is 0 Å². The monoisotopic (exact) mass is 115 g/mol. The molecule has 0 amide bonds. The number of hydrogen-bond donors (Lipinski definition) is 1. The summed E-state index contributed by atoms with van der Waals surface area (Å²) in [5.74, 6) is 2.42. The summed E-state index contributed by atoms with van der Waals surface area (Å²) in [6, 6.07) is 0. The number of thioether (sulfide) groups is 1. The van der Waals surface area contributed by atoms with Gasteiger partial charge in [-0.15, -0.1) is 0 Å². The molecular weight excluding hydrogens is 106 g/mol. The first-order valence-electron chi connectivity index (χ1n) is 2.46. The highest BCUT2D eigenvalue weighted by atomic mass is 32.2. The van der Waals surface area contributed by atoms with E-state index < -0.39 is 0 Å². The van der Waals surface area contributed by atoms with E-state index in [-0.39, 0.29) is 0 Å². The van der Waals surface area contributed by atoms with E-state index in [4.69, 9.17) is 0 Å². The van der Waals surface area contributed by atoms with Crippen molar-refractivity contribution >= 4 is 11.8 Å². The molecule has 1 aliphatic heterocycles. The van der Waals surface area contributed by atoms with Crippen molar-refractivity contribution in [3.05, 3.63) is 12.3 Å². The SMILES string of the molecule is C1=CNCCSC1. The van der Waals surface area contributed by atoms with Gasteiger partial charge in [-0.1, -0.05) is 6.08 Å². The van der Waals surface area contributed by atoms with E-state index in [2.05, 4.69) is 11.4 Å². The molecule has 0 aromatic rings. The molecule has 0 radical (unpaired) electrons. The molecule has 0 fully saturated rings. The molecule has 1 heterocycles. The van der Waals surface area contributed by atoms with Gasteiger partial charge in [0.2, 0.25) is 0 Å². The standard InChI is InChI=1S/C5H9NS/c1-2-6-3-5-7-4-1/h1-2,6H,3-5H2. The van der Waals surface area contributed by atoms with Gasteiger partial charge in [0.25, 0.3) is 0 Å². The molecule has 0 aromatic carbocycles. The van der Waals surface area contributed by atoms with Gasteiger partial charge in [-0.2, -0.15) is 11.8 Å². The molecule has 0 saturated heterocycles. The molecule has 0 unspecified atom stereocenters. The third-order valence-electron chi connectivity index (χ3n) is 0.841. The van der Waals surface area contributed by atoms with E-state index in [1.165, 1.54) is 11.5 Å². The van der Waals surface area contributed by atoms with Gasteiger partial charge in [-0.05, 0) is 6.20 Å². The Hall–Kier alpha value is -0.110. The molecule has 1 rings (SSSR count). The zero-order chi connectivity index (χ0) is 4.95. The van der Waals surface area contributed by atoms with Crippen LogP contribution in [0.1, 0.15) is 0 Å². The van der Waals surface area contributed by atoms with E-state index in [1.807, 2.05) is 18.0 Å². The van der Waals surface area contributed by atoms with Crippen LogP contribution in [-0.4, -0.2) is 18.1 Å². The second kappa shape index (κ2) is 2.97. The Balaban J connectivity index is 2.20. The molecule has 7 heavy (non-hydrogen) atoms. The van der Waals surface area contributed by atoms with E-state index in [0.29, 0.717) is 0 Å². The summed E-state index contributed by atoms with van der Waals surface area (Å²) in [7, 11) is 0. The molecule has 2 heteroatoms. The Labute approximate surface area is 48.2 Å². The lowest BCUT2D eigenvalue weighted by Crippen LogP contribution is -2.06. The first-order valence-corrected chi connectivity index (χ1v) is 3.62. The first kappa shape index (κ1) is 5.04. The second-order valence-corrected chi connectivity index (χ2v) is 2.58. The summed E-state index contributed by atoms with van der Waals surface area (Å²) in [5, 5.41) is 3.15. The highest BCUT2D eigenvalue weighted by molar-refractivity contribution is 7.99. The third-order valence-corrected chi connectivity index (χ3v) is 1.76. The van der Waals surface area contributed by atoms with Crippen LogP contribution < -0.4 is 5.32 Å². The van der Waals surface area contributed by atoms with Crippen LogP contribution in [0.25, 0.3) is 0 Å². The summed E-state index contributed by atoms with van der Waals surface area (Å²) in [5.41, 5.74) is 0. The Morgan fingerprint density at radius 3 is 3.57 bits per heavy atom. The molecule has 0 aromatic heterocycles. The van der Waals surface area contributed by atoms with Gasteiger partial charge in [0.05, 0.1) is 0 Å². The van der Waals surface area contributed by atoms with Gasteiger partial charge in [0.1, 0.15) is 0 Å². The topological polar surface area (TPSA) is 12.0 Å². The van der Waals surface area contributed by atoms with Crippen molar-refractivity contribution in [2.24, 2.45) is 0 Å². The normalized spacial score (nSPS) is 20.6. The van der Waals surface area contributed by atoms with E-state index in [0.717, 1.165) is 6.54 Å². The molecule has 0 bridgehead atoms. The maximum Gasteiger partial charge on any atom is 0.0232 e. The van der Waals surface area contributed by atoms with Gasteiger partial charge in [-0.25, -0.2) is 0 Å². The number of rotatable bonds is 0. The maximum absolute atomic E-state index is 3.15. The zero-order valence-corrected chi connectivity index (χ0v) is 5.00. The average molecular weight is 115 g/mol. The van der Waals surface area contributed by atoms with Crippen LogP contribution >= 0.6 is 11.8 Å². The summed E-state index contributed by atoms with van der Waals surface area (Å²) in [6.07, 6.45) is 4.18. The summed E-state index contributed by atoms with van der Waals surface area (Å²) in [4.78, 5) is 0. The zero-order valence-electron chi connectivity index (χ0n) is 4.18. The Morgan fingerprint density at radius 2 is 2.57 bits per heavy atom. The fourth-order valence-electron chi connectivity index (χ4n) is 0.497. The lowest BCUT2D eigenvalue weighted by molar-refractivity contribution is 0.934. The predicted molar refractivity (Wildman–Crippen MR) is 34.5 cm³/mol. The van der Waals surface area contributed by atoms with Crippen LogP contribution in [0.3, 0.4) is 0 Å². The lowest BCUT2D eigenvalue weighted by atomic mass is 10.6. The third kappa shape index (κ3) is 1.88. The van der Waals surface area contributed by atoms with Crippen LogP contribution in [0.15, 0.2) is 12.3 Å². The van der Waals surface area contributed by atoms with Crippen LogP contribution in [0, 0.1) is 0 Å². The van der Waals surface area contributed by atoms with E-state index in [1.54, 1.807) is 0 Å². The van der Waals surface area contributed by atoms with Gasteiger partial charge in [-0.3, -0.25) is 0 Å². The molecule has 1 nitrogen and oxygen atoms in total. The van der Waals surface area contributed by atoms with Crippen LogP contribution in [0.4, 0.5) is 0 Å². The van der Waals surface area contributed by atoms with Crippen molar-refractivity contribution in [1.29, 1.82) is 0 Å². The molecule has 0 aliphatic carbocycles. The molecule has 0 saturated carbocycles. The molecular formula is C5H9NS. The summed E-state index contributed by atoms with van der Waals surface area (Å²) < 4.78 is 0. The van der Waals surface area contributed by atoms with Gasteiger partial charge >= 0.3 is 0 Å². The molecule has 0 atom stereocenters. The first-order chi connectivity index (χ1) is 3.50. The molecule has 0 spiro atoms. The molecule has 1 aliphatic rings. The minimum Gasteiger partial charge on any atom is -0.390 e. The molecule has 1 N–H and O–H groups in total. The molecule has 40 valence electrons. The quantitative estimate of drug-likeness (QED) is 0.502. The Bertz CT molecular complexity index is 62.5. The number of hydrogen-bond acceptors (Lipinski definition) is 2. The van der Waals surface area contributed by atoms with Crippen LogP contribution in [-0.2, 0) is 0 Å². The van der Waals surface area contributed by atoms with Crippen LogP contribution in [0.2, 0.25) is 0 Å². The van der Waals surface area contributed by atoms with Crippen molar-refractivity contribution in [2.45, 2.75) is 0 Å². The van der Waals surface area contributed by atoms with E-state index >= 15 is 0 Å². The Kier molecular flexibility index (Phi) is 2.13. The highest BCUT2D eigenvalue weighted by Gasteiger charge is 1.86. The summed E-state index contributed by atoms with van der Waals surface area (Å²) in [6.45, 7) is 1.13. The maximum atomic E-state index is 3.15. The highest BCUT2D eigenvalue weighted by Crippen LogP contribution is 1.99. The largest absolute Gasteiger partial charge is 0.390 e. The fourth-order valence-corrected chi connectivity index (χ4v) is 1.16. The van der Waals surface area contributed by atoms with Crippen LogP contribution in [0.5, 0.6) is 0 Å². The summed E-state index contributed by atoms with van der Waals surface area (Å²) >= 11 is 1.97. The smallest absolute Gasteiger partial charge is 0.0232 e. The Morgan fingerprint density at radius 1 is 1.57 bits per heavy atom. The fraction of sp³-hybridized carbons (Fsp3) is 0.600. The predicted octanol–water partition coefficient (Wildman–Crippen LogP) is 0.837.